The Morgan fingerprint density at radius 3 is 2.95 bits per heavy atom. The summed E-state index contributed by atoms with van der Waals surface area (Å²) in [6.45, 7) is 1.96. The molecule has 104 valence electrons. The van der Waals surface area contributed by atoms with E-state index >= 15 is 0 Å². The van der Waals surface area contributed by atoms with E-state index < -0.39 is 0 Å². The average molecular weight is 320 g/mol. The van der Waals surface area contributed by atoms with Crippen molar-refractivity contribution < 1.29 is 9.57 Å². The molecule has 0 aromatic heterocycles. The van der Waals surface area contributed by atoms with Gasteiger partial charge in [0.1, 0.15) is 10.8 Å². The number of hydrogen-bond acceptors (Lipinski definition) is 4. The third kappa shape index (κ3) is 3.50. The van der Waals surface area contributed by atoms with E-state index in [1.165, 1.54) is 0 Å². The molecule has 0 fully saturated rings. The monoisotopic (exact) mass is 319 g/mol. The Morgan fingerprint density at radius 1 is 1.53 bits per heavy atom. The summed E-state index contributed by atoms with van der Waals surface area (Å²) < 4.78 is 5.32. The molecular weight excluding hydrogens is 305 g/mol. The molecule has 0 spiro atoms. The topological polar surface area (TPSA) is 30.8 Å². The van der Waals surface area contributed by atoms with Crippen molar-refractivity contribution in [3.8, 4) is 5.75 Å². The van der Waals surface area contributed by atoms with Gasteiger partial charge < -0.3 is 9.57 Å². The second-order valence-electron chi connectivity index (χ2n) is 4.56. The zero-order valence-corrected chi connectivity index (χ0v) is 13.1. The van der Waals surface area contributed by atoms with E-state index in [9.17, 15) is 0 Å². The van der Waals surface area contributed by atoms with Crippen LogP contribution in [-0.2, 0) is 10.6 Å². The molecule has 0 aliphatic carbocycles. The van der Waals surface area contributed by atoms with Gasteiger partial charge in [0.15, 0.2) is 5.60 Å². The molecule has 1 unspecified atom stereocenters. The molecule has 0 radical (unpaired) electrons. The number of oxime groups is 1. The molecule has 3 nitrogen and oxygen atoms in total. The number of halogens is 2. The molecule has 0 N–H and O–H groups in total. The molecule has 0 amide bonds. The Morgan fingerprint density at radius 2 is 2.32 bits per heavy atom. The second-order valence-corrected chi connectivity index (χ2v) is 6.28. The van der Waals surface area contributed by atoms with Crippen LogP contribution in [0.3, 0.4) is 0 Å². The second kappa shape index (κ2) is 6.25. The number of thioether (sulfide) groups is 1. The summed E-state index contributed by atoms with van der Waals surface area (Å²) in [5.74, 6) is 1.89. The fraction of sp³-hybridized carbons (Fsp3) is 0.462. The van der Waals surface area contributed by atoms with Crippen molar-refractivity contribution in [2.24, 2.45) is 5.16 Å². The molecule has 1 aliphatic rings. The Kier molecular flexibility index (Phi) is 4.87. The van der Waals surface area contributed by atoms with Gasteiger partial charge >= 0.3 is 0 Å². The van der Waals surface area contributed by atoms with Gasteiger partial charge in [-0.1, -0.05) is 28.9 Å². The summed E-state index contributed by atoms with van der Waals surface area (Å²) in [7, 11) is 1.62. The minimum Gasteiger partial charge on any atom is -0.495 e. The molecule has 0 saturated heterocycles. The van der Waals surface area contributed by atoms with Crippen LogP contribution in [0.4, 0.5) is 0 Å². The fourth-order valence-electron chi connectivity index (χ4n) is 1.75. The average Bonchev–Trinajstić information content (AvgIpc) is 2.79. The summed E-state index contributed by atoms with van der Waals surface area (Å²) in [5, 5.41) is 5.64. The van der Waals surface area contributed by atoms with Crippen LogP contribution in [0.5, 0.6) is 5.75 Å². The summed E-state index contributed by atoms with van der Waals surface area (Å²) in [5.41, 5.74) is 0.671. The SMILES string of the molecule is COc1c(Cl)cccc1CSC1=NOC(C)(CCl)C1. The predicted octanol–water partition coefficient (Wildman–Crippen LogP) is 4.31. The van der Waals surface area contributed by atoms with Gasteiger partial charge in [0.2, 0.25) is 0 Å². The van der Waals surface area contributed by atoms with Crippen molar-refractivity contribution in [1.29, 1.82) is 0 Å². The highest BCUT2D eigenvalue weighted by Gasteiger charge is 2.33. The predicted molar refractivity (Wildman–Crippen MR) is 81.6 cm³/mol. The Bertz CT molecular complexity index is 496. The molecule has 1 aromatic carbocycles. The number of hydrogen-bond donors (Lipinski definition) is 0. The fourth-order valence-corrected chi connectivity index (χ4v) is 3.21. The lowest BCUT2D eigenvalue weighted by Crippen LogP contribution is -2.26. The van der Waals surface area contributed by atoms with Crippen molar-refractivity contribution >= 4 is 40.0 Å². The van der Waals surface area contributed by atoms with Gasteiger partial charge in [-0.05, 0) is 13.0 Å². The van der Waals surface area contributed by atoms with Gasteiger partial charge in [0.05, 0.1) is 18.0 Å². The number of nitrogens with zero attached hydrogens (tertiary/aromatic N) is 1. The van der Waals surface area contributed by atoms with Crippen molar-refractivity contribution in [3.63, 3.8) is 0 Å². The maximum Gasteiger partial charge on any atom is 0.154 e. The molecule has 1 atom stereocenters. The van der Waals surface area contributed by atoms with E-state index in [2.05, 4.69) is 5.16 Å². The van der Waals surface area contributed by atoms with Crippen LogP contribution < -0.4 is 4.74 Å². The van der Waals surface area contributed by atoms with Crippen molar-refractivity contribution in [3.05, 3.63) is 28.8 Å². The Labute approximate surface area is 127 Å². The minimum absolute atomic E-state index is 0.373. The third-order valence-corrected chi connectivity index (χ3v) is 4.69. The molecule has 0 saturated carbocycles. The Hall–Kier alpha value is -0.580. The first-order valence-corrected chi connectivity index (χ1v) is 7.73. The van der Waals surface area contributed by atoms with E-state index in [1.807, 2.05) is 25.1 Å². The van der Waals surface area contributed by atoms with E-state index in [0.717, 1.165) is 28.5 Å². The van der Waals surface area contributed by atoms with Crippen molar-refractivity contribution in [1.82, 2.24) is 0 Å². The van der Waals surface area contributed by atoms with E-state index in [1.54, 1.807) is 18.9 Å². The number of alkyl halides is 1. The van der Waals surface area contributed by atoms with Crippen LogP contribution in [0, 0.1) is 0 Å². The summed E-state index contributed by atoms with van der Waals surface area (Å²) in [6, 6.07) is 5.72. The summed E-state index contributed by atoms with van der Waals surface area (Å²) in [6.07, 6.45) is 0.740. The van der Waals surface area contributed by atoms with Gasteiger partial charge in [-0.2, -0.15) is 0 Å². The molecule has 19 heavy (non-hydrogen) atoms. The zero-order chi connectivity index (χ0) is 13.9. The van der Waals surface area contributed by atoms with Crippen LogP contribution >= 0.6 is 35.0 Å². The van der Waals surface area contributed by atoms with Gasteiger partial charge in [-0.25, -0.2) is 0 Å². The van der Waals surface area contributed by atoms with Gasteiger partial charge in [0.25, 0.3) is 0 Å². The normalized spacial score (nSPS) is 22.0. The lowest BCUT2D eigenvalue weighted by atomic mass is 10.1. The van der Waals surface area contributed by atoms with Crippen LogP contribution in [0.1, 0.15) is 18.9 Å². The number of ether oxygens (including phenoxy) is 1. The highest BCUT2D eigenvalue weighted by molar-refractivity contribution is 8.13. The maximum absolute atomic E-state index is 6.09. The highest BCUT2D eigenvalue weighted by atomic mass is 35.5. The van der Waals surface area contributed by atoms with E-state index in [4.69, 9.17) is 32.8 Å². The first-order valence-electron chi connectivity index (χ1n) is 5.83. The molecule has 2 rings (SSSR count). The van der Waals surface area contributed by atoms with E-state index in [-0.39, 0.29) is 5.60 Å². The zero-order valence-electron chi connectivity index (χ0n) is 10.8. The molecule has 1 aromatic rings. The highest BCUT2D eigenvalue weighted by Crippen LogP contribution is 2.34. The van der Waals surface area contributed by atoms with Crippen LogP contribution in [0.15, 0.2) is 23.4 Å². The molecule has 6 heteroatoms. The largest absolute Gasteiger partial charge is 0.495 e. The number of para-hydroxylation sites is 1. The van der Waals surface area contributed by atoms with Crippen LogP contribution in [0.25, 0.3) is 0 Å². The lowest BCUT2D eigenvalue weighted by Gasteiger charge is -2.16. The molecule has 1 aliphatic heterocycles. The molecule has 0 bridgehead atoms. The smallest absolute Gasteiger partial charge is 0.154 e. The summed E-state index contributed by atoms with van der Waals surface area (Å²) >= 11 is 13.6. The number of methoxy groups -OCH3 is 1. The molecule has 1 heterocycles. The van der Waals surface area contributed by atoms with Gasteiger partial charge in [-0.3, -0.25) is 0 Å². The number of rotatable bonds is 4. The standard InChI is InChI=1S/C13H15Cl2NO2S/c1-13(8-14)6-11(16-18-13)19-7-9-4-3-5-10(15)12(9)17-2/h3-5H,6-8H2,1-2H3. The molecular formula is C13H15Cl2NO2S. The Balaban J connectivity index is 1.99. The van der Waals surface area contributed by atoms with Crippen molar-refractivity contribution in [2.45, 2.75) is 24.7 Å². The summed E-state index contributed by atoms with van der Waals surface area (Å²) in [4.78, 5) is 5.35. The minimum atomic E-state index is -0.373. The van der Waals surface area contributed by atoms with E-state index in [0.29, 0.717) is 10.9 Å². The third-order valence-electron chi connectivity index (χ3n) is 2.82. The quantitative estimate of drug-likeness (QED) is 0.775. The van der Waals surface area contributed by atoms with Crippen LogP contribution in [0.2, 0.25) is 5.02 Å². The lowest BCUT2D eigenvalue weighted by molar-refractivity contribution is 0.0152. The van der Waals surface area contributed by atoms with Gasteiger partial charge in [0, 0.05) is 17.7 Å². The van der Waals surface area contributed by atoms with Crippen LogP contribution in [-0.4, -0.2) is 23.6 Å². The number of benzene rings is 1. The first kappa shape index (κ1) is 14.8. The first-order chi connectivity index (χ1) is 9.08. The maximum atomic E-state index is 6.09. The van der Waals surface area contributed by atoms with Crippen molar-refractivity contribution in [2.75, 3.05) is 13.0 Å². The van der Waals surface area contributed by atoms with Gasteiger partial charge in [-0.15, -0.1) is 23.4 Å².